The van der Waals surface area contributed by atoms with Crippen molar-refractivity contribution in [3.63, 3.8) is 0 Å². The SMILES string of the molecule is C=C(C(=O)c1c(OC)cccc1OC)c1cc(-c2cccs2)ccc1OC. The van der Waals surface area contributed by atoms with Gasteiger partial charge in [-0.2, -0.15) is 0 Å². The van der Waals surface area contributed by atoms with Crippen molar-refractivity contribution in [3.05, 3.63) is 71.6 Å². The molecule has 0 aliphatic rings. The Kier molecular flexibility index (Phi) is 5.62. The van der Waals surface area contributed by atoms with E-state index in [0.717, 1.165) is 10.4 Å². The standard InChI is InChI=1S/C22H20O4S/c1-14(22(23)21-18(25-3)7-5-8-19(21)26-4)16-13-15(10-11-17(16)24-2)20-9-6-12-27-20/h5-13H,1H2,2-4H3. The lowest BCUT2D eigenvalue weighted by Gasteiger charge is -2.15. The highest BCUT2D eigenvalue weighted by Crippen LogP contribution is 2.37. The summed E-state index contributed by atoms with van der Waals surface area (Å²) in [4.78, 5) is 14.4. The van der Waals surface area contributed by atoms with Gasteiger partial charge in [-0.3, -0.25) is 4.79 Å². The Morgan fingerprint density at radius 1 is 0.889 bits per heavy atom. The second-order valence-corrected chi connectivity index (χ2v) is 6.69. The lowest BCUT2D eigenvalue weighted by atomic mass is 9.94. The molecule has 138 valence electrons. The third-order valence-electron chi connectivity index (χ3n) is 4.26. The molecule has 0 radical (unpaired) electrons. The van der Waals surface area contributed by atoms with Gasteiger partial charge in [-0.05, 0) is 47.3 Å². The maximum absolute atomic E-state index is 13.3. The first-order chi connectivity index (χ1) is 13.1. The van der Waals surface area contributed by atoms with Crippen LogP contribution in [0.5, 0.6) is 17.2 Å². The molecule has 0 saturated carbocycles. The van der Waals surface area contributed by atoms with Crippen LogP contribution in [-0.2, 0) is 0 Å². The summed E-state index contributed by atoms with van der Waals surface area (Å²) in [7, 11) is 4.61. The number of allylic oxidation sites excluding steroid dienone is 1. The second-order valence-electron chi connectivity index (χ2n) is 5.74. The molecule has 0 fully saturated rings. The number of carbonyl (C=O) groups excluding carboxylic acids is 1. The van der Waals surface area contributed by atoms with Crippen LogP contribution in [0.15, 0.2) is 60.5 Å². The molecule has 3 aromatic rings. The van der Waals surface area contributed by atoms with Crippen LogP contribution in [0.4, 0.5) is 0 Å². The van der Waals surface area contributed by atoms with E-state index in [2.05, 4.69) is 6.58 Å². The van der Waals surface area contributed by atoms with Gasteiger partial charge in [-0.25, -0.2) is 0 Å². The maximum atomic E-state index is 13.3. The largest absolute Gasteiger partial charge is 0.496 e. The summed E-state index contributed by atoms with van der Waals surface area (Å²) in [6.07, 6.45) is 0. The number of thiophene rings is 1. The van der Waals surface area contributed by atoms with Gasteiger partial charge in [0.15, 0.2) is 0 Å². The molecule has 0 N–H and O–H groups in total. The molecule has 2 aromatic carbocycles. The molecule has 5 heteroatoms. The van der Waals surface area contributed by atoms with Crippen molar-refractivity contribution in [2.45, 2.75) is 0 Å². The van der Waals surface area contributed by atoms with Gasteiger partial charge in [-0.15, -0.1) is 11.3 Å². The summed E-state index contributed by atoms with van der Waals surface area (Å²) in [5.74, 6) is 1.19. The summed E-state index contributed by atoms with van der Waals surface area (Å²) in [5, 5.41) is 2.01. The van der Waals surface area contributed by atoms with E-state index in [9.17, 15) is 4.79 Å². The molecular weight excluding hydrogens is 360 g/mol. The Labute approximate surface area is 162 Å². The number of ketones is 1. The third-order valence-corrected chi connectivity index (χ3v) is 5.18. The molecule has 0 bridgehead atoms. The van der Waals surface area contributed by atoms with Crippen molar-refractivity contribution < 1.29 is 19.0 Å². The fraction of sp³-hybridized carbons (Fsp3) is 0.136. The Morgan fingerprint density at radius 3 is 2.11 bits per heavy atom. The summed E-state index contributed by atoms with van der Waals surface area (Å²) in [5.41, 5.74) is 2.30. The number of carbonyl (C=O) groups is 1. The fourth-order valence-electron chi connectivity index (χ4n) is 2.89. The van der Waals surface area contributed by atoms with Crippen LogP contribution in [0.1, 0.15) is 15.9 Å². The zero-order valence-corrected chi connectivity index (χ0v) is 16.3. The fourth-order valence-corrected chi connectivity index (χ4v) is 3.61. The normalized spacial score (nSPS) is 10.3. The monoisotopic (exact) mass is 380 g/mol. The Hall–Kier alpha value is -3.05. The minimum absolute atomic E-state index is 0.272. The predicted octanol–water partition coefficient (Wildman–Crippen LogP) is 5.34. The zero-order valence-electron chi connectivity index (χ0n) is 15.4. The molecule has 0 unspecified atom stereocenters. The molecule has 0 amide bonds. The van der Waals surface area contributed by atoms with E-state index in [1.54, 1.807) is 36.6 Å². The molecule has 1 aromatic heterocycles. The van der Waals surface area contributed by atoms with Crippen LogP contribution < -0.4 is 14.2 Å². The van der Waals surface area contributed by atoms with Gasteiger partial charge in [0.1, 0.15) is 22.8 Å². The number of ether oxygens (including phenoxy) is 3. The molecule has 0 aliphatic heterocycles. The van der Waals surface area contributed by atoms with Gasteiger partial charge in [0.25, 0.3) is 0 Å². The first-order valence-corrected chi connectivity index (χ1v) is 9.15. The van der Waals surface area contributed by atoms with Gasteiger partial charge in [0, 0.05) is 16.0 Å². The van der Waals surface area contributed by atoms with Crippen LogP contribution in [0.2, 0.25) is 0 Å². The minimum atomic E-state index is -0.272. The molecule has 27 heavy (non-hydrogen) atoms. The highest BCUT2D eigenvalue weighted by molar-refractivity contribution is 7.13. The molecule has 3 rings (SSSR count). The molecule has 0 aliphatic carbocycles. The van der Waals surface area contributed by atoms with Crippen LogP contribution in [0.3, 0.4) is 0 Å². The van der Waals surface area contributed by atoms with Crippen LogP contribution in [-0.4, -0.2) is 27.1 Å². The first kappa shape index (κ1) is 18.7. The van der Waals surface area contributed by atoms with E-state index in [1.807, 2.05) is 35.7 Å². The average Bonchev–Trinajstić information content (AvgIpc) is 3.26. The number of methoxy groups -OCH3 is 3. The lowest BCUT2D eigenvalue weighted by Crippen LogP contribution is -2.08. The van der Waals surface area contributed by atoms with Crippen molar-refractivity contribution in [1.29, 1.82) is 0 Å². The summed E-state index contributed by atoms with van der Waals surface area (Å²) >= 11 is 1.63. The van der Waals surface area contributed by atoms with Crippen molar-refractivity contribution in [2.75, 3.05) is 21.3 Å². The summed E-state index contributed by atoms with van der Waals surface area (Å²) in [6, 6.07) is 15.0. The highest BCUT2D eigenvalue weighted by Gasteiger charge is 2.23. The van der Waals surface area contributed by atoms with E-state index < -0.39 is 0 Å². The van der Waals surface area contributed by atoms with Gasteiger partial charge >= 0.3 is 0 Å². The topological polar surface area (TPSA) is 44.8 Å². The third kappa shape index (κ3) is 3.59. The molecule has 1 heterocycles. The zero-order chi connectivity index (χ0) is 19.4. The maximum Gasteiger partial charge on any atom is 0.200 e. The number of rotatable bonds is 7. The van der Waals surface area contributed by atoms with Gasteiger partial charge in [-0.1, -0.05) is 18.7 Å². The van der Waals surface area contributed by atoms with Crippen molar-refractivity contribution in [1.82, 2.24) is 0 Å². The predicted molar refractivity (Wildman–Crippen MR) is 109 cm³/mol. The Morgan fingerprint density at radius 2 is 1.56 bits per heavy atom. The highest BCUT2D eigenvalue weighted by atomic mass is 32.1. The van der Waals surface area contributed by atoms with E-state index in [1.165, 1.54) is 14.2 Å². The smallest absolute Gasteiger partial charge is 0.200 e. The van der Waals surface area contributed by atoms with E-state index in [-0.39, 0.29) is 5.78 Å². The molecule has 4 nitrogen and oxygen atoms in total. The summed E-state index contributed by atoms with van der Waals surface area (Å²) < 4.78 is 16.2. The molecule has 0 saturated heterocycles. The van der Waals surface area contributed by atoms with Crippen molar-refractivity contribution in [3.8, 4) is 27.7 Å². The quantitative estimate of drug-likeness (QED) is 0.410. The van der Waals surface area contributed by atoms with E-state index in [0.29, 0.717) is 33.9 Å². The van der Waals surface area contributed by atoms with Gasteiger partial charge in [0.05, 0.1) is 21.3 Å². The van der Waals surface area contributed by atoms with E-state index in [4.69, 9.17) is 14.2 Å². The second kappa shape index (κ2) is 8.10. The first-order valence-electron chi connectivity index (χ1n) is 8.27. The summed E-state index contributed by atoms with van der Waals surface area (Å²) in [6.45, 7) is 4.05. The average molecular weight is 380 g/mol. The number of Topliss-reactive ketones (excluding diaryl/α,β-unsaturated/α-hetero) is 1. The van der Waals surface area contributed by atoms with Crippen LogP contribution in [0, 0.1) is 0 Å². The van der Waals surface area contributed by atoms with Crippen molar-refractivity contribution in [2.24, 2.45) is 0 Å². The van der Waals surface area contributed by atoms with Crippen molar-refractivity contribution >= 4 is 22.7 Å². The lowest BCUT2D eigenvalue weighted by molar-refractivity contribution is 0.105. The number of hydrogen-bond acceptors (Lipinski definition) is 5. The molecule has 0 spiro atoms. The minimum Gasteiger partial charge on any atom is -0.496 e. The van der Waals surface area contributed by atoms with Gasteiger partial charge in [0.2, 0.25) is 5.78 Å². The van der Waals surface area contributed by atoms with Crippen LogP contribution in [0.25, 0.3) is 16.0 Å². The van der Waals surface area contributed by atoms with Crippen LogP contribution >= 0.6 is 11.3 Å². The van der Waals surface area contributed by atoms with E-state index >= 15 is 0 Å². The molecular formula is C22H20O4S. The number of benzene rings is 2. The Balaban J connectivity index is 2.08. The van der Waals surface area contributed by atoms with Gasteiger partial charge < -0.3 is 14.2 Å². The number of hydrogen-bond donors (Lipinski definition) is 0. The Bertz CT molecular complexity index is 952. The molecule has 0 atom stereocenters.